The van der Waals surface area contributed by atoms with Gasteiger partial charge in [-0.05, 0) is 24.4 Å². The monoisotopic (exact) mass is 363 g/mol. The molecule has 5 nitrogen and oxygen atoms in total. The van der Waals surface area contributed by atoms with Crippen LogP contribution >= 0.6 is 22.7 Å². The Morgan fingerprint density at radius 2 is 2.25 bits per heavy atom. The molecule has 1 saturated heterocycles. The van der Waals surface area contributed by atoms with E-state index in [9.17, 15) is 4.79 Å². The number of amides is 1. The Morgan fingerprint density at radius 1 is 1.42 bits per heavy atom. The zero-order valence-electron chi connectivity index (χ0n) is 13.7. The second kappa shape index (κ2) is 8.53. The molecule has 0 aliphatic carbocycles. The highest BCUT2D eigenvalue weighted by atomic mass is 32.1. The minimum absolute atomic E-state index is 0.0478. The maximum atomic E-state index is 12.1. The van der Waals surface area contributed by atoms with Crippen LogP contribution in [0.4, 0.5) is 0 Å². The predicted octanol–water partition coefficient (Wildman–Crippen LogP) is 2.76. The van der Waals surface area contributed by atoms with Crippen LogP contribution in [0.1, 0.15) is 22.5 Å². The summed E-state index contributed by atoms with van der Waals surface area (Å²) in [6.07, 6.45) is 1.91. The summed E-state index contributed by atoms with van der Waals surface area (Å²) in [5, 5.41) is 7.96. The summed E-state index contributed by atoms with van der Waals surface area (Å²) in [7, 11) is 0. The minimum atomic E-state index is -0.0478. The van der Waals surface area contributed by atoms with E-state index in [1.54, 1.807) is 22.7 Å². The largest absolute Gasteiger partial charge is 0.379 e. The molecule has 1 aliphatic heterocycles. The number of nitrogens with zero attached hydrogens (tertiary/aromatic N) is 2. The summed E-state index contributed by atoms with van der Waals surface area (Å²) in [4.78, 5) is 20.2. The molecule has 2 aromatic rings. The van der Waals surface area contributed by atoms with E-state index in [1.807, 2.05) is 30.5 Å². The number of carbonyl (C=O) groups excluding carboxylic acids is 1. The Labute approximate surface area is 150 Å². The molecule has 1 fully saturated rings. The molecule has 0 spiro atoms. The van der Waals surface area contributed by atoms with E-state index < -0.39 is 0 Å². The lowest BCUT2D eigenvalue weighted by molar-refractivity contribution is -0.117. The maximum absolute atomic E-state index is 12.1. The highest BCUT2D eigenvalue weighted by Crippen LogP contribution is 2.15. The first-order valence-corrected chi connectivity index (χ1v) is 9.70. The fourth-order valence-corrected chi connectivity index (χ4v) is 3.88. The molecule has 24 heavy (non-hydrogen) atoms. The van der Waals surface area contributed by atoms with Crippen molar-refractivity contribution in [3.63, 3.8) is 0 Å². The van der Waals surface area contributed by atoms with Crippen LogP contribution in [0.25, 0.3) is 6.08 Å². The summed E-state index contributed by atoms with van der Waals surface area (Å²) in [6, 6.07) is 3.98. The van der Waals surface area contributed by atoms with Gasteiger partial charge in [0, 0.05) is 35.5 Å². The van der Waals surface area contributed by atoms with Gasteiger partial charge in [0.15, 0.2) is 0 Å². The van der Waals surface area contributed by atoms with E-state index in [-0.39, 0.29) is 5.91 Å². The second-order valence-electron chi connectivity index (χ2n) is 5.65. The van der Waals surface area contributed by atoms with E-state index in [0.29, 0.717) is 12.1 Å². The van der Waals surface area contributed by atoms with Gasteiger partial charge in [0.2, 0.25) is 5.91 Å². The van der Waals surface area contributed by atoms with Gasteiger partial charge in [-0.1, -0.05) is 6.07 Å². The van der Waals surface area contributed by atoms with Gasteiger partial charge in [-0.25, -0.2) is 4.98 Å². The number of hydrogen-bond donors (Lipinski definition) is 1. The van der Waals surface area contributed by atoms with Crippen LogP contribution in [0.3, 0.4) is 0 Å². The smallest absolute Gasteiger partial charge is 0.247 e. The molecule has 7 heteroatoms. The van der Waals surface area contributed by atoms with E-state index in [4.69, 9.17) is 4.74 Å². The summed E-state index contributed by atoms with van der Waals surface area (Å²) in [6.45, 7) is 6.66. The maximum Gasteiger partial charge on any atom is 0.247 e. The molecule has 0 atom stereocenters. The van der Waals surface area contributed by atoms with Crippen molar-refractivity contribution in [1.82, 2.24) is 15.2 Å². The molecule has 1 amide bonds. The van der Waals surface area contributed by atoms with Gasteiger partial charge in [0.25, 0.3) is 0 Å². The highest BCUT2D eigenvalue weighted by molar-refractivity contribution is 7.10. The normalized spacial score (nSPS) is 16.3. The summed E-state index contributed by atoms with van der Waals surface area (Å²) in [5.41, 5.74) is 1.78. The number of morpholine rings is 1. The third kappa shape index (κ3) is 4.98. The van der Waals surface area contributed by atoms with Crippen LogP contribution in [-0.2, 0) is 22.6 Å². The van der Waals surface area contributed by atoms with Gasteiger partial charge >= 0.3 is 0 Å². The predicted molar refractivity (Wildman–Crippen MR) is 98.0 cm³/mol. The molecular weight excluding hydrogens is 342 g/mol. The first-order chi connectivity index (χ1) is 11.7. The van der Waals surface area contributed by atoms with Gasteiger partial charge < -0.3 is 10.1 Å². The van der Waals surface area contributed by atoms with Crippen LogP contribution in [0.5, 0.6) is 0 Å². The Balaban J connectivity index is 1.48. The Bertz CT molecular complexity index is 689. The van der Waals surface area contributed by atoms with E-state index in [0.717, 1.165) is 48.4 Å². The number of ether oxygens (including phenoxy) is 1. The average molecular weight is 364 g/mol. The van der Waals surface area contributed by atoms with Gasteiger partial charge in [-0.3, -0.25) is 9.69 Å². The zero-order valence-corrected chi connectivity index (χ0v) is 15.3. The average Bonchev–Trinajstić information content (AvgIpc) is 3.25. The SMILES string of the molecule is C/C(=C\c1cccs1)C(=O)NCc1nc(CN2CCOCC2)cs1. The van der Waals surface area contributed by atoms with Crippen molar-refractivity contribution in [2.24, 2.45) is 0 Å². The Hall–Kier alpha value is -1.54. The lowest BCUT2D eigenvalue weighted by atomic mass is 10.2. The third-order valence-corrected chi connectivity index (χ3v) is 5.47. The zero-order chi connectivity index (χ0) is 16.8. The molecule has 0 saturated carbocycles. The van der Waals surface area contributed by atoms with Crippen LogP contribution in [0, 0.1) is 0 Å². The molecule has 0 aromatic carbocycles. The quantitative estimate of drug-likeness (QED) is 0.802. The van der Waals surface area contributed by atoms with E-state index in [1.165, 1.54) is 0 Å². The lowest BCUT2D eigenvalue weighted by Gasteiger charge is -2.25. The third-order valence-electron chi connectivity index (χ3n) is 3.75. The Kier molecular flexibility index (Phi) is 6.14. The number of aromatic nitrogens is 1. The van der Waals surface area contributed by atoms with Crippen molar-refractivity contribution >= 4 is 34.7 Å². The van der Waals surface area contributed by atoms with Crippen molar-refractivity contribution in [3.05, 3.63) is 44.0 Å². The van der Waals surface area contributed by atoms with Crippen LogP contribution in [-0.4, -0.2) is 42.1 Å². The number of nitrogens with one attached hydrogen (secondary N) is 1. The lowest BCUT2D eigenvalue weighted by Crippen LogP contribution is -2.35. The molecule has 0 bridgehead atoms. The topological polar surface area (TPSA) is 54.5 Å². The molecule has 3 heterocycles. The number of thiophene rings is 1. The summed E-state index contributed by atoms with van der Waals surface area (Å²) < 4.78 is 5.36. The molecule has 1 N–H and O–H groups in total. The molecule has 128 valence electrons. The number of thiazole rings is 1. The Morgan fingerprint density at radius 3 is 3.00 bits per heavy atom. The number of carbonyl (C=O) groups is 1. The highest BCUT2D eigenvalue weighted by Gasteiger charge is 2.13. The van der Waals surface area contributed by atoms with Gasteiger partial charge in [0.05, 0.1) is 25.5 Å². The van der Waals surface area contributed by atoms with Crippen molar-refractivity contribution in [1.29, 1.82) is 0 Å². The fourth-order valence-electron chi connectivity index (χ4n) is 2.44. The van der Waals surface area contributed by atoms with Crippen molar-refractivity contribution < 1.29 is 9.53 Å². The van der Waals surface area contributed by atoms with E-state index >= 15 is 0 Å². The number of rotatable bonds is 6. The van der Waals surface area contributed by atoms with Crippen LogP contribution < -0.4 is 5.32 Å². The minimum Gasteiger partial charge on any atom is -0.379 e. The van der Waals surface area contributed by atoms with Gasteiger partial charge in [0.1, 0.15) is 5.01 Å². The fraction of sp³-hybridized carbons (Fsp3) is 0.412. The van der Waals surface area contributed by atoms with Crippen molar-refractivity contribution in [3.8, 4) is 0 Å². The van der Waals surface area contributed by atoms with E-state index in [2.05, 4.69) is 20.6 Å². The second-order valence-corrected chi connectivity index (χ2v) is 7.57. The standard InChI is InChI=1S/C17H21N3O2S2/c1-13(9-15-3-2-8-23-15)17(21)18-10-16-19-14(12-24-16)11-20-4-6-22-7-5-20/h2-3,8-9,12H,4-7,10-11H2,1H3,(H,18,21)/b13-9+. The molecule has 0 unspecified atom stereocenters. The first kappa shape index (κ1) is 17.3. The van der Waals surface area contributed by atoms with Crippen molar-refractivity contribution in [2.45, 2.75) is 20.0 Å². The van der Waals surface area contributed by atoms with Crippen LogP contribution in [0.2, 0.25) is 0 Å². The summed E-state index contributed by atoms with van der Waals surface area (Å²) >= 11 is 3.22. The molecular formula is C17H21N3O2S2. The molecule has 2 aromatic heterocycles. The van der Waals surface area contributed by atoms with Gasteiger partial charge in [-0.15, -0.1) is 22.7 Å². The number of hydrogen-bond acceptors (Lipinski definition) is 6. The van der Waals surface area contributed by atoms with Crippen LogP contribution in [0.15, 0.2) is 28.5 Å². The molecule has 3 rings (SSSR count). The summed E-state index contributed by atoms with van der Waals surface area (Å²) in [5.74, 6) is -0.0478. The van der Waals surface area contributed by atoms with Gasteiger partial charge in [-0.2, -0.15) is 0 Å². The van der Waals surface area contributed by atoms with Crippen molar-refractivity contribution in [2.75, 3.05) is 26.3 Å². The first-order valence-electron chi connectivity index (χ1n) is 7.94. The molecule has 1 aliphatic rings. The molecule has 0 radical (unpaired) electrons.